The number of nitrogens with zero attached hydrogens (tertiary/aromatic N) is 1. The lowest BCUT2D eigenvalue weighted by Gasteiger charge is -2.33. The van der Waals surface area contributed by atoms with Crippen molar-refractivity contribution >= 4 is 6.03 Å². The van der Waals surface area contributed by atoms with E-state index in [0.717, 1.165) is 38.2 Å². The first-order valence-corrected chi connectivity index (χ1v) is 7.96. The number of hydrogen-bond acceptors (Lipinski definition) is 2. The van der Waals surface area contributed by atoms with Crippen LogP contribution in [0.3, 0.4) is 0 Å². The van der Waals surface area contributed by atoms with Gasteiger partial charge >= 0.3 is 6.03 Å². The van der Waals surface area contributed by atoms with E-state index in [9.17, 15) is 4.79 Å². The molecular weight excluding hydrogens is 262 g/mol. The number of carbonyl (C=O) groups excluding carboxylic acids is 1. The van der Waals surface area contributed by atoms with Crippen LogP contribution in [-0.4, -0.2) is 37.1 Å². The molecule has 2 aliphatic heterocycles. The third-order valence-corrected chi connectivity index (χ3v) is 4.81. The van der Waals surface area contributed by atoms with E-state index in [1.807, 2.05) is 11.0 Å². The second-order valence-corrected chi connectivity index (χ2v) is 6.60. The number of carbonyl (C=O) groups is 1. The Balaban J connectivity index is 1.52. The summed E-state index contributed by atoms with van der Waals surface area (Å²) in [5.41, 5.74) is 2.73. The van der Waals surface area contributed by atoms with E-state index >= 15 is 0 Å². The second-order valence-electron chi connectivity index (χ2n) is 6.60. The molecule has 2 amide bonds. The summed E-state index contributed by atoms with van der Waals surface area (Å²) in [6.45, 7) is 6.67. The molecule has 1 aromatic carbocycles. The normalized spacial score (nSPS) is 25.3. The van der Waals surface area contributed by atoms with E-state index in [2.05, 4.69) is 35.8 Å². The van der Waals surface area contributed by atoms with Gasteiger partial charge in [0.25, 0.3) is 0 Å². The van der Waals surface area contributed by atoms with Crippen molar-refractivity contribution in [2.75, 3.05) is 26.2 Å². The maximum absolute atomic E-state index is 12.3. The van der Waals surface area contributed by atoms with Crippen LogP contribution >= 0.6 is 0 Å². The van der Waals surface area contributed by atoms with Gasteiger partial charge in [0.1, 0.15) is 0 Å². The minimum atomic E-state index is 0.0824. The van der Waals surface area contributed by atoms with Gasteiger partial charge in [0.05, 0.1) is 0 Å². The SMILES string of the molecule is Cc1cccc(CNC(=O)N2CCC3(CCCNC3)C2)c1. The highest BCUT2D eigenvalue weighted by Crippen LogP contribution is 2.36. The van der Waals surface area contributed by atoms with Gasteiger partial charge in [-0.05, 0) is 38.3 Å². The van der Waals surface area contributed by atoms with E-state index in [0.29, 0.717) is 12.0 Å². The largest absolute Gasteiger partial charge is 0.334 e. The molecule has 1 atom stereocenters. The topological polar surface area (TPSA) is 44.4 Å². The summed E-state index contributed by atoms with van der Waals surface area (Å²) < 4.78 is 0. The Morgan fingerprint density at radius 1 is 1.43 bits per heavy atom. The van der Waals surface area contributed by atoms with Crippen molar-refractivity contribution in [3.05, 3.63) is 35.4 Å². The molecule has 2 heterocycles. The second kappa shape index (κ2) is 6.06. The van der Waals surface area contributed by atoms with Gasteiger partial charge in [-0.1, -0.05) is 29.8 Å². The molecule has 1 aromatic rings. The summed E-state index contributed by atoms with van der Waals surface area (Å²) in [6.07, 6.45) is 3.62. The summed E-state index contributed by atoms with van der Waals surface area (Å²) >= 11 is 0. The molecule has 2 saturated heterocycles. The van der Waals surface area contributed by atoms with Gasteiger partial charge in [-0.15, -0.1) is 0 Å². The third-order valence-electron chi connectivity index (χ3n) is 4.81. The molecule has 0 saturated carbocycles. The zero-order valence-electron chi connectivity index (χ0n) is 12.8. The maximum Gasteiger partial charge on any atom is 0.317 e. The number of hydrogen-bond donors (Lipinski definition) is 2. The average Bonchev–Trinajstić information content (AvgIpc) is 2.89. The van der Waals surface area contributed by atoms with Crippen molar-refractivity contribution in [1.29, 1.82) is 0 Å². The van der Waals surface area contributed by atoms with E-state index < -0.39 is 0 Å². The maximum atomic E-state index is 12.3. The molecule has 0 bridgehead atoms. The highest BCUT2D eigenvalue weighted by atomic mass is 16.2. The summed E-state index contributed by atoms with van der Waals surface area (Å²) in [7, 11) is 0. The lowest BCUT2D eigenvalue weighted by Crippen LogP contribution is -2.44. The lowest BCUT2D eigenvalue weighted by molar-refractivity contribution is 0.185. The molecule has 21 heavy (non-hydrogen) atoms. The monoisotopic (exact) mass is 287 g/mol. The summed E-state index contributed by atoms with van der Waals surface area (Å²) in [6, 6.07) is 8.38. The molecule has 4 nitrogen and oxygen atoms in total. The van der Waals surface area contributed by atoms with Crippen LogP contribution in [0, 0.1) is 12.3 Å². The van der Waals surface area contributed by atoms with Crippen LogP contribution < -0.4 is 10.6 Å². The smallest absolute Gasteiger partial charge is 0.317 e. The number of amides is 2. The summed E-state index contributed by atoms with van der Waals surface area (Å²) in [4.78, 5) is 14.3. The minimum absolute atomic E-state index is 0.0824. The standard InChI is InChI=1S/C17H25N3O/c1-14-4-2-5-15(10-14)11-19-16(21)20-9-7-17(13-20)6-3-8-18-12-17/h2,4-5,10,18H,3,6-9,11-13H2,1H3,(H,19,21). The number of benzene rings is 1. The molecule has 2 N–H and O–H groups in total. The molecule has 3 rings (SSSR count). The predicted molar refractivity (Wildman–Crippen MR) is 84.1 cm³/mol. The fraction of sp³-hybridized carbons (Fsp3) is 0.588. The molecule has 114 valence electrons. The van der Waals surface area contributed by atoms with Gasteiger partial charge in [0.2, 0.25) is 0 Å². The zero-order chi connectivity index (χ0) is 14.7. The Morgan fingerprint density at radius 3 is 3.10 bits per heavy atom. The zero-order valence-corrected chi connectivity index (χ0v) is 12.8. The van der Waals surface area contributed by atoms with Crippen LogP contribution in [0.1, 0.15) is 30.4 Å². The van der Waals surface area contributed by atoms with E-state index in [1.165, 1.54) is 18.4 Å². The number of urea groups is 1. The van der Waals surface area contributed by atoms with Crippen molar-refractivity contribution in [2.24, 2.45) is 5.41 Å². The minimum Gasteiger partial charge on any atom is -0.334 e. The van der Waals surface area contributed by atoms with Crippen LogP contribution in [0.5, 0.6) is 0 Å². The van der Waals surface area contributed by atoms with Gasteiger partial charge in [0, 0.05) is 31.6 Å². The van der Waals surface area contributed by atoms with Crippen LogP contribution in [0.2, 0.25) is 0 Å². The van der Waals surface area contributed by atoms with E-state index in [-0.39, 0.29) is 6.03 Å². The van der Waals surface area contributed by atoms with Crippen LogP contribution in [0.4, 0.5) is 4.79 Å². The predicted octanol–water partition coefficient (Wildman–Crippen LogP) is 2.28. The Labute approximate surface area is 126 Å². The van der Waals surface area contributed by atoms with Gasteiger partial charge in [-0.3, -0.25) is 0 Å². The molecule has 0 aromatic heterocycles. The highest BCUT2D eigenvalue weighted by molar-refractivity contribution is 5.74. The van der Waals surface area contributed by atoms with Gasteiger partial charge in [-0.2, -0.15) is 0 Å². The fourth-order valence-electron chi connectivity index (χ4n) is 3.60. The molecule has 2 aliphatic rings. The number of piperidine rings is 1. The van der Waals surface area contributed by atoms with Crippen LogP contribution in [-0.2, 0) is 6.54 Å². The first kappa shape index (κ1) is 14.4. The highest BCUT2D eigenvalue weighted by Gasteiger charge is 2.40. The van der Waals surface area contributed by atoms with Gasteiger partial charge in [-0.25, -0.2) is 4.79 Å². The fourth-order valence-corrected chi connectivity index (χ4v) is 3.60. The van der Waals surface area contributed by atoms with Crippen molar-refractivity contribution in [3.63, 3.8) is 0 Å². The van der Waals surface area contributed by atoms with Crippen LogP contribution in [0.25, 0.3) is 0 Å². The number of rotatable bonds is 2. The molecule has 0 radical (unpaired) electrons. The summed E-state index contributed by atoms with van der Waals surface area (Å²) in [5.74, 6) is 0. The Bertz CT molecular complexity index is 509. The van der Waals surface area contributed by atoms with Crippen molar-refractivity contribution in [2.45, 2.75) is 32.7 Å². The van der Waals surface area contributed by atoms with Gasteiger partial charge in [0.15, 0.2) is 0 Å². The summed E-state index contributed by atoms with van der Waals surface area (Å²) in [5, 5.41) is 6.54. The van der Waals surface area contributed by atoms with Crippen molar-refractivity contribution in [1.82, 2.24) is 15.5 Å². The lowest BCUT2D eigenvalue weighted by atomic mass is 9.80. The van der Waals surface area contributed by atoms with E-state index in [4.69, 9.17) is 0 Å². The third kappa shape index (κ3) is 3.38. The molecule has 0 aliphatic carbocycles. The first-order valence-electron chi connectivity index (χ1n) is 7.96. The number of nitrogens with one attached hydrogen (secondary N) is 2. The molecule has 4 heteroatoms. The van der Waals surface area contributed by atoms with Crippen molar-refractivity contribution < 1.29 is 4.79 Å². The number of aryl methyl sites for hydroxylation is 1. The van der Waals surface area contributed by atoms with Crippen molar-refractivity contribution in [3.8, 4) is 0 Å². The van der Waals surface area contributed by atoms with E-state index in [1.54, 1.807) is 0 Å². The van der Waals surface area contributed by atoms with Crippen LogP contribution in [0.15, 0.2) is 24.3 Å². The molecule has 1 spiro atoms. The average molecular weight is 287 g/mol. The first-order chi connectivity index (χ1) is 10.2. The number of likely N-dealkylation sites (tertiary alicyclic amines) is 1. The Kier molecular flexibility index (Phi) is 4.15. The molecule has 2 fully saturated rings. The van der Waals surface area contributed by atoms with Gasteiger partial charge < -0.3 is 15.5 Å². The Hall–Kier alpha value is -1.55. The quantitative estimate of drug-likeness (QED) is 0.876. The molecule has 1 unspecified atom stereocenters. The Morgan fingerprint density at radius 2 is 2.33 bits per heavy atom. The molecular formula is C17H25N3O.